The van der Waals surface area contributed by atoms with Gasteiger partial charge in [0.25, 0.3) is 5.69 Å². The predicted octanol–water partition coefficient (Wildman–Crippen LogP) is 5.20. The fourth-order valence-electron chi connectivity index (χ4n) is 3.46. The molecule has 3 aromatic rings. The first-order chi connectivity index (χ1) is 15.1. The number of nitro benzene ring substituents is 1. The third kappa shape index (κ3) is 3.96. The van der Waals surface area contributed by atoms with Crippen molar-refractivity contribution < 1.29 is 27.6 Å². The molecular formula is C21H17F3N4O4. The van der Waals surface area contributed by atoms with Crippen molar-refractivity contribution in [3.05, 3.63) is 75.1 Å². The Bertz CT molecular complexity index is 1230. The van der Waals surface area contributed by atoms with E-state index in [-0.39, 0.29) is 12.5 Å². The summed E-state index contributed by atoms with van der Waals surface area (Å²) in [5.74, 6) is 1.31. The minimum atomic E-state index is -4.68. The van der Waals surface area contributed by atoms with Gasteiger partial charge in [-0.3, -0.25) is 15.5 Å². The number of aryl methyl sites for hydroxylation is 1. The number of nitro groups is 1. The van der Waals surface area contributed by atoms with E-state index in [4.69, 9.17) is 9.47 Å². The van der Waals surface area contributed by atoms with E-state index in [1.54, 1.807) is 0 Å². The Morgan fingerprint density at radius 2 is 1.88 bits per heavy atom. The van der Waals surface area contributed by atoms with Crippen LogP contribution >= 0.6 is 0 Å². The Balaban J connectivity index is 1.59. The van der Waals surface area contributed by atoms with Gasteiger partial charge < -0.3 is 14.0 Å². The van der Waals surface area contributed by atoms with E-state index in [9.17, 15) is 23.3 Å². The number of benzene rings is 2. The predicted molar refractivity (Wildman–Crippen MR) is 111 cm³/mol. The van der Waals surface area contributed by atoms with E-state index < -0.39 is 22.4 Å². The number of alkyl halides is 3. The van der Waals surface area contributed by atoms with Crippen molar-refractivity contribution in [2.45, 2.75) is 20.0 Å². The molecule has 0 unspecified atom stereocenters. The molecule has 11 heteroatoms. The van der Waals surface area contributed by atoms with Crippen LogP contribution in [0.15, 0.2) is 47.6 Å². The maximum Gasteiger partial charge on any atom is 0.416 e. The van der Waals surface area contributed by atoms with Crippen molar-refractivity contribution in [1.29, 1.82) is 0 Å². The van der Waals surface area contributed by atoms with Crippen molar-refractivity contribution in [2.24, 2.45) is 5.10 Å². The smallest absolute Gasteiger partial charge is 0.416 e. The summed E-state index contributed by atoms with van der Waals surface area (Å²) in [5.41, 5.74) is 3.82. The first-order valence-corrected chi connectivity index (χ1v) is 9.39. The van der Waals surface area contributed by atoms with Gasteiger partial charge in [-0.1, -0.05) is 0 Å². The Kier molecular flexibility index (Phi) is 5.25. The van der Waals surface area contributed by atoms with Gasteiger partial charge in [0.1, 0.15) is 5.69 Å². The molecule has 1 aliphatic heterocycles. The molecule has 32 heavy (non-hydrogen) atoms. The van der Waals surface area contributed by atoms with Crippen molar-refractivity contribution >= 4 is 17.6 Å². The lowest BCUT2D eigenvalue weighted by Gasteiger charge is -2.10. The minimum Gasteiger partial charge on any atom is -0.454 e. The van der Waals surface area contributed by atoms with Crippen molar-refractivity contribution in [1.82, 2.24) is 4.57 Å². The molecule has 0 aliphatic carbocycles. The summed E-state index contributed by atoms with van der Waals surface area (Å²) in [6.07, 6.45) is -3.23. The van der Waals surface area contributed by atoms with Gasteiger partial charge in [-0.05, 0) is 44.2 Å². The first kappa shape index (κ1) is 21.2. The molecule has 8 nitrogen and oxygen atoms in total. The first-order valence-electron chi connectivity index (χ1n) is 9.39. The van der Waals surface area contributed by atoms with E-state index in [1.807, 2.05) is 42.7 Å². The number of nitrogens with one attached hydrogen (secondary N) is 1. The lowest BCUT2D eigenvalue weighted by molar-refractivity contribution is -0.384. The van der Waals surface area contributed by atoms with Crippen LogP contribution < -0.4 is 14.9 Å². The molecule has 0 atom stereocenters. The molecule has 1 aliphatic rings. The number of halogens is 3. The Morgan fingerprint density at radius 3 is 2.59 bits per heavy atom. The van der Waals surface area contributed by atoms with Crippen LogP contribution in [0.25, 0.3) is 5.69 Å². The molecule has 1 N–H and O–H groups in total. The average molecular weight is 446 g/mol. The van der Waals surface area contributed by atoms with Crippen molar-refractivity contribution in [2.75, 3.05) is 12.2 Å². The Labute approximate surface area is 180 Å². The maximum absolute atomic E-state index is 12.8. The second-order valence-electron chi connectivity index (χ2n) is 7.06. The second-order valence-corrected chi connectivity index (χ2v) is 7.06. The lowest BCUT2D eigenvalue weighted by atomic mass is 10.1. The molecule has 0 saturated carbocycles. The third-order valence-electron chi connectivity index (χ3n) is 5.00. The van der Waals surface area contributed by atoms with Crippen LogP contribution in [0, 0.1) is 24.0 Å². The van der Waals surface area contributed by atoms with Gasteiger partial charge in [-0.2, -0.15) is 18.3 Å². The van der Waals surface area contributed by atoms with Gasteiger partial charge in [-0.25, -0.2) is 0 Å². The number of hydrogen-bond acceptors (Lipinski definition) is 6. The topological polar surface area (TPSA) is 90.9 Å². The molecule has 0 fully saturated rings. The lowest BCUT2D eigenvalue weighted by Crippen LogP contribution is -2.06. The van der Waals surface area contributed by atoms with E-state index >= 15 is 0 Å². The number of ether oxygens (including phenoxy) is 2. The van der Waals surface area contributed by atoms with Crippen LogP contribution in [-0.4, -0.2) is 22.5 Å². The zero-order valence-electron chi connectivity index (χ0n) is 16.9. The average Bonchev–Trinajstić information content (AvgIpc) is 3.30. The fraction of sp³-hybridized carbons (Fsp3) is 0.190. The highest BCUT2D eigenvalue weighted by atomic mass is 19.4. The molecule has 2 aromatic carbocycles. The van der Waals surface area contributed by atoms with Crippen LogP contribution in [0.4, 0.5) is 24.5 Å². The summed E-state index contributed by atoms with van der Waals surface area (Å²) in [6, 6.07) is 9.64. The highest BCUT2D eigenvalue weighted by molar-refractivity contribution is 5.83. The molecule has 2 heterocycles. The minimum absolute atomic E-state index is 0.149. The molecule has 166 valence electrons. The zero-order valence-corrected chi connectivity index (χ0v) is 16.9. The Hall–Kier alpha value is -4.02. The summed E-state index contributed by atoms with van der Waals surface area (Å²) in [5, 5.41) is 15.2. The standard InChI is InChI=1S/C21H17F3N4O4/c1-12-7-14(13(2)27(12)16-4-6-19-20(9-16)32-11-31-19)10-25-26-17-5-3-15(21(22,23)24)8-18(17)28(29)30/h3-10,26H,11H2,1-2H3/b25-10-. The van der Waals surface area contributed by atoms with E-state index in [2.05, 4.69) is 10.5 Å². The van der Waals surface area contributed by atoms with Gasteiger partial charge >= 0.3 is 6.18 Å². The van der Waals surface area contributed by atoms with Crippen molar-refractivity contribution in [3.63, 3.8) is 0 Å². The number of fused-ring (bicyclic) bond motifs is 1. The van der Waals surface area contributed by atoms with Gasteiger partial charge in [-0.15, -0.1) is 0 Å². The normalized spacial score (nSPS) is 13.0. The van der Waals surface area contributed by atoms with E-state index in [0.717, 1.165) is 34.8 Å². The molecule has 0 bridgehead atoms. The number of aromatic nitrogens is 1. The monoisotopic (exact) mass is 446 g/mol. The maximum atomic E-state index is 12.8. The fourth-order valence-corrected chi connectivity index (χ4v) is 3.46. The highest BCUT2D eigenvalue weighted by Crippen LogP contribution is 2.36. The quantitative estimate of drug-likeness (QED) is 0.331. The summed E-state index contributed by atoms with van der Waals surface area (Å²) in [7, 11) is 0. The number of nitrogens with zero attached hydrogens (tertiary/aromatic N) is 3. The molecule has 4 rings (SSSR count). The third-order valence-corrected chi connectivity index (χ3v) is 5.00. The van der Waals surface area contributed by atoms with Crippen LogP contribution in [0.1, 0.15) is 22.5 Å². The summed E-state index contributed by atoms with van der Waals surface area (Å²) in [4.78, 5) is 10.3. The molecule has 1 aromatic heterocycles. The van der Waals surface area contributed by atoms with E-state index in [1.165, 1.54) is 6.21 Å². The number of hydrazone groups is 1. The SMILES string of the molecule is Cc1cc(/C=N\Nc2ccc(C(F)(F)F)cc2[N+](=O)[O-])c(C)n1-c1ccc2c(c1)OCO2. The van der Waals surface area contributed by atoms with Crippen LogP contribution in [0.5, 0.6) is 11.5 Å². The van der Waals surface area contributed by atoms with Gasteiger partial charge in [0.2, 0.25) is 6.79 Å². The molecule has 0 radical (unpaired) electrons. The summed E-state index contributed by atoms with van der Waals surface area (Å²) in [6.45, 7) is 3.95. The summed E-state index contributed by atoms with van der Waals surface area (Å²) < 4.78 is 51.3. The van der Waals surface area contributed by atoms with Gasteiger partial charge in [0.15, 0.2) is 11.5 Å². The van der Waals surface area contributed by atoms with Gasteiger partial charge in [0, 0.05) is 34.8 Å². The number of anilines is 1. The number of rotatable bonds is 5. The largest absolute Gasteiger partial charge is 0.454 e. The zero-order chi connectivity index (χ0) is 23.0. The molecular weight excluding hydrogens is 429 g/mol. The van der Waals surface area contributed by atoms with Crippen LogP contribution in [0.2, 0.25) is 0 Å². The Morgan fingerprint density at radius 1 is 1.12 bits per heavy atom. The van der Waals surface area contributed by atoms with E-state index in [0.29, 0.717) is 17.6 Å². The van der Waals surface area contributed by atoms with Crippen LogP contribution in [0.3, 0.4) is 0 Å². The highest BCUT2D eigenvalue weighted by Gasteiger charge is 2.33. The summed E-state index contributed by atoms with van der Waals surface area (Å²) >= 11 is 0. The second kappa shape index (κ2) is 7.91. The molecule has 0 saturated heterocycles. The molecule has 0 amide bonds. The van der Waals surface area contributed by atoms with Crippen molar-refractivity contribution in [3.8, 4) is 17.2 Å². The van der Waals surface area contributed by atoms with Gasteiger partial charge in [0.05, 0.1) is 16.7 Å². The molecule has 0 spiro atoms. The van der Waals surface area contributed by atoms with Crippen LogP contribution in [-0.2, 0) is 6.18 Å². The number of hydrogen-bond donors (Lipinski definition) is 1.